The Kier molecular flexibility index (Phi) is 5.80. The summed E-state index contributed by atoms with van der Waals surface area (Å²) in [5.41, 5.74) is -0.121. The second kappa shape index (κ2) is 7.85. The molecule has 0 atom stereocenters. The van der Waals surface area contributed by atoms with Crippen LogP contribution in [-0.4, -0.2) is 72.3 Å². The molecule has 2 amide bonds. The summed E-state index contributed by atoms with van der Waals surface area (Å²) in [4.78, 5) is 31.6. The molecule has 0 aromatic heterocycles. The Balaban J connectivity index is 1.44. The summed E-state index contributed by atoms with van der Waals surface area (Å²) in [7, 11) is 0. The fourth-order valence-corrected chi connectivity index (χ4v) is 4.47. The van der Waals surface area contributed by atoms with Gasteiger partial charge in [-0.05, 0) is 25.7 Å². The highest BCUT2D eigenvalue weighted by molar-refractivity contribution is 5.83. The SMILES string of the molecule is CC1(C(=O)N2CCN(CC(=O)N3CCCCCC3)CC2)CCCC1. The third kappa shape index (κ3) is 4.11. The van der Waals surface area contributed by atoms with Crippen LogP contribution in [0.3, 0.4) is 0 Å². The van der Waals surface area contributed by atoms with Crippen LogP contribution in [0.15, 0.2) is 0 Å². The van der Waals surface area contributed by atoms with Crippen LogP contribution in [0.1, 0.15) is 58.3 Å². The molecule has 0 bridgehead atoms. The second-order valence-electron chi connectivity index (χ2n) is 8.13. The molecule has 3 rings (SSSR count). The van der Waals surface area contributed by atoms with E-state index in [1.807, 2.05) is 9.80 Å². The lowest BCUT2D eigenvalue weighted by atomic mass is 9.87. The van der Waals surface area contributed by atoms with Crippen LogP contribution in [0.5, 0.6) is 0 Å². The van der Waals surface area contributed by atoms with Crippen molar-refractivity contribution >= 4 is 11.8 Å². The van der Waals surface area contributed by atoms with E-state index in [4.69, 9.17) is 0 Å². The third-order valence-corrected chi connectivity index (χ3v) is 6.20. The zero-order chi connectivity index (χ0) is 17.0. The molecule has 1 saturated carbocycles. The number of piperazine rings is 1. The van der Waals surface area contributed by atoms with E-state index < -0.39 is 0 Å². The van der Waals surface area contributed by atoms with Crippen molar-refractivity contribution in [3.05, 3.63) is 0 Å². The van der Waals surface area contributed by atoms with E-state index in [9.17, 15) is 9.59 Å². The molecule has 2 heterocycles. The summed E-state index contributed by atoms with van der Waals surface area (Å²) in [5.74, 6) is 0.623. The standard InChI is InChI=1S/C19H33N3O2/c1-19(8-4-5-9-19)18(24)22-14-12-20(13-15-22)16-17(23)21-10-6-2-3-7-11-21/h2-16H2,1H3. The van der Waals surface area contributed by atoms with Crippen molar-refractivity contribution in [2.45, 2.75) is 58.3 Å². The lowest BCUT2D eigenvalue weighted by molar-refractivity contribution is -0.143. The van der Waals surface area contributed by atoms with Crippen LogP contribution in [0.25, 0.3) is 0 Å². The van der Waals surface area contributed by atoms with E-state index in [0.29, 0.717) is 12.5 Å². The molecule has 1 aliphatic carbocycles. The van der Waals surface area contributed by atoms with Crippen LogP contribution in [0, 0.1) is 5.41 Å². The van der Waals surface area contributed by atoms with Gasteiger partial charge in [-0.25, -0.2) is 0 Å². The molecule has 0 spiro atoms. The number of nitrogens with zero attached hydrogens (tertiary/aromatic N) is 3. The van der Waals surface area contributed by atoms with Crippen molar-refractivity contribution in [1.82, 2.24) is 14.7 Å². The highest BCUT2D eigenvalue weighted by atomic mass is 16.2. The van der Waals surface area contributed by atoms with Crippen LogP contribution >= 0.6 is 0 Å². The number of carbonyl (C=O) groups is 2. The number of hydrogen-bond acceptors (Lipinski definition) is 3. The lowest BCUT2D eigenvalue weighted by Crippen LogP contribution is -2.54. The smallest absolute Gasteiger partial charge is 0.236 e. The Morgan fingerprint density at radius 3 is 1.92 bits per heavy atom. The average Bonchev–Trinajstić information content (AvgIpc) is 2.86. The minimum absolute atomic E-state index is 0.121. The molecule has 0 unspecified atom stereocenters. The molecule has 2 aliphatic heterocycles. The molecular weight excluding hydrogens is 302 g/mol. The van der Waals surface area contributed by atoms with Crippen molar-refractivity contribution in [2.24, 2.45) is 5.41 Å². The first-order valence-corrected chi connectivity index (χ1v) is 9.88. The zero-order valence-corrected chi connectivity index (χ0v) is 15.3. The van der Waals surface area contributed by atoms with Gasteiger partial charge in [0, 0.05) is 44.7 Å². The van der Waals surface area contributed by atoms with Crippen LogP contribution in [0.2, 0.25) is 0 Å². The lowest BCUT2D eigenvalue weighted by Gasteiger charge is -2.38. The topological polar surface area (TPSA) is 43.9 Å². The molecule has 0 radical (unpaired) electrons. The Bertz CT molecular complexity index is 444. The molecule has 0 aromatic rings. The van der Waals surface area contributed by atoms with Gasteiger partial charge in [0.05, 0.1) is 6.54 Å². The maximum Gasteiger partial charge on any atom is 0.236 e. The highest BCUT2D eigenvalue weighted by Gasteiger charge is 2.39. The molecule has 2 saturated heterocycles. The molecule has 5 nitrogen and oxygen atoms in total. The monoisotopic (exact) mass is 335 g/mol. The van der Waals surface area contributed by atoms with Gasteiger partial charge in [0.2, 0.25) is 11.8 Å². The summed E-state index contributed by atoms with van der Waals surface area (Å²) in [5, 5.41) is 0. The molecule has 0 N–H and O–H groups in total. The quantitative estimate of drug-likeness (QED) is 0.793. The molecule has 5 heteroatoms. The summed E-state index contributed by atoms with van der Waals surface area (Å²) in [6.45, 7) is 7.74. The van der Waals surface area contributed by atoms with E-state index in [1.165, 1.54) is 25.7 Å². The van der Waals surface area contributed by atoms with Gasteiger partial charge >= 0.3 is 0 Å². The van der Waals surface area contributed by atoms with Crippen molar-refractivity contribution < 1.29 is 9.59 Å². The Labute approximate surface area is 146 Å². The maximum absolute atomic E-state index is 12.8. The largest absolute Gasteiger partial charge is 0.342 e. The minimum Gasteiger partial charge on any atom is -0.342 e. The Hall–Kier alpha value is -1.10. The first-order valence-electron chi connectivity index (χ1n) is 9.88. The van der Waals surface area contributed by atoms with Crippen molar-refractivity contribution in [1.29, 1.82) is 0 Å². The van der Waals surface area contributed by atoms with Gasteiger partial charge < -0.3 is 9.80 Å². The van der Waals surface area contributed by atoms with Gasteiger partial charge in [0.1, 0.15) is 0 Å². The molecule has 0 aromatic carbocycles. The molecule has 24 heavy (non-hydrogen) atoms. The normalized spacial score (nSPS) is 25.5. The predicted molar refractivity (Wildman–Crippen MR) is 94.6 cm³/mol. The van der Waals surface area contributed by atoms with Crippen molar-refractivity contribution in [3.8, 4) is 0 Å². The highest BCUT2D eigenvalue weighted by Crippen LogP contribution is 2.39. The minimum atomic E-state index is -0.121. The van der Waals surface area contributed by atoms with Gasteiger partial charge in [-0.1, -0.05) is 32.6 Å². The summed E-state index contributed by atoms with van der Waals surface area (Å²) in [6.07, 6.45) is 9.25. The molecule has 136 valence electrons. The van der Waals surface area contributed by atoms with Gasteiger partial charge in [-0.2, -0.15) is 0 Å². The molecular formula is C19H33N3O2. The summed E-state index contributed by atoms with van der Waals surface area (Å²) < 4.78 is 0. The van der Waals surface area contributed by atoms with E-state index in [-0.39, 0.29) is 11.3 Å². The summed E-state index contributed by atoms with van der Waals surface area (Å²) in [6, 6.07) is 0. The van der Waals surface area contributed by atoms with Crippen LogP contribution in [-0.2, 0) is 9.59 Å². The number of carbonyl (C=O) groups excluding carboxylic acids is 2. The average molecular weight is 335 g/mol. The van der Waals surface area contributed by atoms with Gasteiger partial charge in [0.25, 0.3) is 0 Å². The Morgan fingerprint density at radius 1 is 0.750 bits per heavy atom. The summed E-state index contributed by atoms with van der Waals surface area (Å²) >= 11 is 0. The predicted octanol–water partition coefficient (Wildman–Crippen LogP) is 2.11. The van der Waals surface area contributed by atoms with E-state index in [2.05, 4.69) is 11.8 Å². The zero-order valence-electron chi connectivity index (χ0n) is 15.3. The van der Waals surface area contributed by atoms with Crippen LogP contribution in [0.4, 0.5) is 0 Å². The maximum atomic E-state index is 12.8. The first-order chi connectivity index (χ1) is 11.6. The van der Waals surface area contributed by atoms with Gasteiger partial charge in [-0.15, -0.1) is 0 Å². The van der Waals surface area contributed by atoms with Crippen molar-refractivity contribution in [3.63, 3.8) is 0 Å². The van der Waals surface area contributed by atoms with Crippen molar-refractivity contribution in [2.75, 3.05) is 45.8 Å². The number of hydrogen-bond donors (Lipinski definition) is 0. The second-order valence-corrected chi connectivity index (χ2v) is 8.13. The first kappa shape index (κ1) is 17.7. The van der Waals surface area contributed by atoms with Gasteiger partial charge in [-0.3, -0.25) is 14.5 Å². The fraction of sp³-hybridized carbons (Fsp3) is 0.895. The van der Waals surface area contributed by atoms with Gasteiger partial charge in [0.15, 0.2) is 0 Å². The Morgan fingerprint density at radius 2 is 1.33 bits per heavy atom. The number of rotatable bonds is 3. The van der Waals surface area contributed by atoms with Crippen LogP contribution < -0.4 is 0 Å². The van der Waals surface area contributed by atoms with E-state index >= 15 is 0 Å². The number of amides is 2. The van der Waals surface area contributed by atoms with E-state index in [1.54, 1.807) is 0 Å². The fourth-order valence-electron chi connectivity index (χ4n) is 4.47. The third-order valence-electron chi connectivity index (χ3n) is 6.20. The molecule has 3 fully saturated rings. The van der Waals surface area contributed by atoms with E-state index in [0.717, 1.165) is 65.0 Å². The molecule has 3 aliphatic rings. The number of likely N-dealkylation sites (tertiary alicyclic amines) is 1.